The van der Waals surface area contributed by atoms with E-state index in [0.29, 0.717) is 28.2 Å². The number of aromatic nitrogens is 2. The number of fused-ring (bicyclic) bond motifs is 2. The summed E-state index contributed by atoms with van der Waals surface area (Å²) >= 11 is 1.12. The van der Waals surface area contributed by atoms with E-state index in [1.807, 2.05) is 0 Å². The van der Waals surface area contributed by atoms with E-state index in [0.717, 1.165) is 11.3 Å². The fourth-order valence-electron chi connectivity index (χ4n) is 3.58. The number of amides is 1. The third-order valence-corrected chi connectivity index (χ3v) is 7.62. The van der Waals surface area contributed by atoms with Gasteiger partial charge in [-0.1, -0.05) is 0 Å². The Kier molecular flexibility index (Phi) is 4.79. The predicted molar refractivity (Wildman–Crippen MR) is 123 cm³/mol. The summed E-state index contributed by atoms with van der Waals surface area (Å²) in [5.41, 5.74) is 2.53. The Morgan fingerprint density at radius 2 is 1.91 bits per heavy atom. The molecule has 3 heterocycles. The Morgan fingerprint density at radius 1 is 1.12 bits per heavy atom. The highest BCUT2D eigenvalue weighted by Gasteiger charge is 2.29. The van der Waals surface area contributed by atoms with Crippen LogP contribution in [-0.2, 0) is 21.9 Å². The van der Waals surface area contributed by atoms with Crippen LogP contribution in [0.4, 0.5) is 10.8 Å². The second kappa shape index (κ2) is 7.46. The van der Waals surface area contributed by atoms with Crippen LogP contribution in [0.15, 0.2) is 55.9 Å². The van der Waals surface area contributed by atoms with Gasteiger partial charge in [-0.05, 0) is 37.3 Å². The third-order valence-electron chi connectivity index (χ3n) is 5.40. The zero-order chi connectivity index (χ0) is 23.5. The molecule has 1 aliphatic rings. The van der Waals surface area contributed by atoms with Crippen LogP contribution in [0.25, 0.3) is 22.4 Å². The lowest BCUT2D eigenvalue weighted by Gasteiger charge is -2.30. The quantitative estimate of drug-likeness (QED) is 0.470. The van der Waals surface area contributed by atoms with Crippen molar-refractivity contribution in [2.75, 3.05) is 16.7 Å². The number of nitrogens with zero attached hydrogens (tertiary/aromatic N) is 3. The van der Waals surface area contributed by atoms with E-state index in [1.165, 1.54) is 27.7 Å². The van der Waals surface area contributed by atoms with Crippen molar-refractivity contribution in [2.45, 2.75) is 17.9 Å². The largest absolute Gasteiger partial charge is 0.479 e. The monoisotopic (exact) mass is 486 g/mol. The Morgan fingerprint density at radius 3 is 2.70 bits per heavy atom. The highest BCUT2D eigenvalue weighted by molar-refractivity contribution is 7.93. The number of carbonyl (C=O) groups excluding carboxylic acids is 1. The first-order valence-electron chi connectivity index (χ1n) is 9.80. The maximum Gasteiger partial charge on any atom is 0.419 e. The molecule has 2 aromatic heterocycles. The third kappa shape index (κ3) is 3.56. The van der Waals surface area contributed by atoms with Crippen LogP contribution in [0, 0.1) is 0 Å². The van der Waals surface area contributed by atoms with Crippen molar-refractivity contribution in [2.24, 2.45) is 7.05 Å². The maximum absolute atomic E-state index is 12.9. The highest BCUT2D eigenvalue weighted by Crippen LogP contribution is 2.37. The number of likely N-dealkylation sites (N-methyl/N-ethyl adjacent to an activating group) is 1. The molecule has 1 N–H and O–H groups in total. The number of thiazole rings is 1. The van der Waals surface area contributed by atoms with Gasteiger partial charge in [-0.2, -0.15) is 0 Å². The van der Waals surface area contributed by atoms with E-state index in [1.54, 1.807) is 44.6 Å². The minimum absolute atomic E-state index is 0.0544. The molecule has 0 aliphatic carbocycles. The summed E-state index contributed by atoms with van der Waals surface area (Å²) in [4.78, 5) is 29.7. The smallest absolute Gasteiger partial charge is 0.419 e. The number of aryl methyl sites for hydroxylation is 1. The van der Waals surface area contributed by atoms with Gasteiger partial charge in [0.05, 0.1) is 21.8 Å². The number of hydrogen-bond donors (Lipinski definition) is 1. The number of carbonyl (C=O) groups is 1. The molecule has 33 heavy (non-hydrogen) atoms. The Bertz CT molecular complexity index is 1580. The van der Waals surface area contributed by atoms with Gasteiger partial charge in [0.2, 0.25) is 0 Å². The number of sulfonamides is 1. The van der Waals surface area contributed by atoms with E-state index in [9.17, 15) is 18.0 Å². The number of ether oxygens (including phenoxy) is 1. The normalized spacial score (nSPS) is 16.0. The molecule has 1 atom stereocenters. The molecule has 12 heteroatoms. The number of hydrogen-bond acceptors (Lipinski definition) is 8. The van der Waals surface area contributed by atoms with Gasteiger partial charge in [-0.25, -0.2) is 18.2 Å². The van der Waals surface area contributed by atoms with Crippen LogP contribution in [-0.4, -0.2) is 37.0 Å². The fourth-order valence-corrected chi connectivity index (χ4v) is 5.57. The lowest BCUT2D eigenvalue weighted by atomic mass is 10.1. The molecule has 0 bridgehead atoms. The van der Waals surface area contributed by atoms with Crippen molar-refractivity contribution in [1.82, 2.24) is 9.55 Å². The molecule has 5 rings (SSSR count). The first-order valence-corrected chi connectivity index (χ1v) is 12.2. The van der Waals surface area contributed by atoms with Crippen molar-refractivity contribution < 1.29 is 22.4 Å². The number of anilines is 2. The van der Waals surface area contributed by atoms with Crippen LogP contribution >= 0.6 is 11.3 Å². The molecule has 1 aliphatic heterocycles. The molecule has 0 spiro atoms. The first-order chi connectivity index (χ1) is 15.6. The molecule has 1 unspecified atom stereocenters. The van der Waals surface area contributed by atoms with E-state index < -0.39 is 21.9 Å². The minimum Gasteiger partial charge on any atom is -0.479 e. The van der Waals surface area contributed by atoms with Crippen LogP contribution < -0.4 is 20.1 Å². The molecule has 0 fully saturated rings. The highest BCUT2D eigenvalue weighted by atomic mass is 32.2. The molecule has 2 aromatic carbocycles. The summed E-state index contributed by atoms with van der Waals surface area (Å²) in [7, 11) is -0.743. The van der Waals surface area contributed by atoms with Gasteiger partial charge < -0.3 is 14.1 Å². The Balaban J connectivity index is 1.42. The fraction of sp³-hybridized carbons (Fsp3) is 0.190. The topological polar surface area (TPSA) is 124 Å². The van der Waals surface area contributed by atoms with Gasteiger partial charge in [0.25, 0.3) is 15.9 Å². The average Bonchev–Trinajstić information content (AvgIpc) is 3.35. The maximum atomic E-state index is 12.9. The van der Waals surface area contributed by atoms with E-state index in [4.69, 9.17) is 9.15 Å². The van der Waals surface area contributed by atoms with Crippen LogP contribution in [0.3, 0.4) is 0 Å². The van der Waals surface area contributed by atoms with Crippen LogP contribution in [0.2, 0.25) is 0 Å². The molecule has 170 valence electrons. The van der Waals surface area contributed by atoms with Crippen LogP contribution in [0.5, 0.6) is 5.75 Å². The molecule has 0 saturated carbocycles. The SMILES string of the molecule is CC1Oc2ccc(-c3csc(NS(=O)(=O)c4ccc5c(c4)oc(=O)n5C)n3)cc2N(C)C1=O. The van der Waals surface area contributed by atoms with Crippen molar-refractivity contribution in [1.29, 1.82) is 0 Å². The minimum atomic E-state index is -3.96. The lowest BCUT2D eigenvalue weighted by Crippen LogP contribution is -2.41. The molecular formula is C21H18N4O6S2. The van der Waals surface area contributed by atoms with Crippen molar-refractivity contribution >= 4 is 49.2 Å². The average molecular weight is 487 g/mol. The Hall–Kier alpha value is -3.64. The van der Waals surface area contributed by atoms with Crippen molar-refractivity contribution in [3.8, 4) is 17.0 Å². The van der Waals surface area contributed by atoms with Gasteiger partial charge in [0, 0.05) is 31.1 Å². The summed E-state index contributed by atoms with van der Waals surface area (Å²) in [5, 5.41) is 1.89. The summed E-state index contributed by atoms with van der Waals surface area (Å²) in [6.45, 7) is 1.69. The van der Waals surface area contributed by atoms with E-state index in [2.05, 4.69) is 9.71 Å². The van der Waals surface area contributed by atoms with Crippen LogP contribution in [0.1, 0.15) is 6.92 Å². The summed E-state index contributed by atoms with van der Waals surface area (Å²) < 4.78 is 40.2. The van der Waals surface area contributed by atoms with Crippen molar-refractivity contribution in [3.63, 3.8) is 0 Å². The second-order valence-corrected chi connectivity index (χ2v) is 10.1. The number of rotatable bonds is 4. The van der Waals surface area contributed by atoms with Gasteiger partial charge in [-0.15, -0.1) is 11.3 Å². The zero-order valence-corrected chi connectivity index (χ0v) is 19.4. The van der Waals surface area contributed by atoms with E-state index in [-0.39, 0.29) is 21.5 Å². The number of benzene rings is 2. The molecule has 4 aromatic rings. The first kappa shape index (κ1) is 21.2. The summed E-state index contributed by atoms with van der Waals surface area (Å²) in [6.07, 6.45) is -0.559. The number of oxazole rings is 1. The van der Waals surface area contributed by atoms with Gasteiger partial charge in [0.15, 0.2) is 16.8 Å². The van der Waals surface area contributed by atoms with Gasteiger partial charge >= 0.3 is 5.76 Å². The molecule has 1 amide bonds. The van der Waals surface area contributed by atoms with E-state index >= 15 is 0 Å². The molecule has 0 radical (unpaired) electrons. The molecule has 0 saturated heterocycles. The molecule has 10 nitrogen and oxygen atoms in total. The number of nitrogens with one attached hydrogen (secondary N) is 1. The summed E-state index contributed by atoms with van der Waals surface area (Å²) in [5.74, 6) is -0.139. The lowest BCUT2D eigenvalue weighted by molar-refractivity contribution is -0.125. The predicted octanol–water partition coefficient (Wildman–Crippen LogP) is 2.80. The standard InChI is InChI=1S/C21H18N4O6S2/c1-11-19(26)24(2)16-8-12(4-7-17(16)30-11)14-10-32-20(22-14)23-33(28,29)13-5-6-15-18(9-13)31-21(27)25(15)3/h4-11H,1-3H3,(H,22,23). The van der Waals surface area contributed by atoms with Gasteiger partial charge in [0.1, 0.15) is 5.75 Å². The van der Waals surface area contributed by atoms with Crippen molar-refractivity contribution in [3.05, 3.63) is 52.3 Å². The van der Waals surface area contributed by atoms with Gasteiger partial charge in [-0.3, -0.25) is 14.1 Å². The second-order valence-electron chi connectivity index (χ2n) is 7.54. The summed E-state index contributed by atoms with van der Waals surface area (Å²) in [6, 6.07) is 9.54. The zero-order valence-electron chi connectivity index (χ0n) is 17.7. The Labute approximate surface area is 192 Å². The molecular weight excluding hydrogens is 468 g/mol.